The van der Waals surface area contributed by atoms with Crippen molar-refractivity contribution >= 4 is 53.2 Å². The molecule has 0 radical (unpaired) electrons. The van der Waals surface area contributed by atoms with Gasteiger partial charge in [-0.05, 0) is 51.7 Å². The van der Waals surface area contributed by atoms with Crippen LogP contribution in [0.5, 0.6) is 0 Å². The molecule has 3 N–H and O–H groups in total. The molecule has 3 rings (SSSR count). The van der Waals surface area contributed by atoms with Crippen molar-refractivity contribution in [3.8, 4) is 0 Å². The van der Waals surface area contributed by atoms with E-state index in [0.29, 0.717) is 6.54 Å². The maximum absolute atomic E-state index is 12.1. The Morgan fingerprint density at radius 1 is 1.37 bits per heavy atom. The standard InChI is InChI=1S/C18H27N5O2S.HI/c1-4-19-16(20-11-14-6-5-12(2)26-14)23-9-7-13(8-10-23)18(3)15(24)21-17(25)22-18;/h5-6,13H,4,7-11H2,1-3H3,(H,19,20)(H2,21,22,24,25);1H. The number of hydrogen-bond acceptors (Lipinski definition) is 4. The second kappa shape index (κ2) is 9.22. The summed E-state index contributed by atoms with van der Waals surface area (Å²) in [5.41, 5.74) is -0.798. The summed E-state index contributed by atoms with van der Waals surface area (Å²) in [5.74, 6) is 0.838. The van der Waals surface area contributed by atoms with Crippen LogP contribution < -0.4 is 16.0 Å². The molecule has 150 valence electrons. The summed E-state index contributed by atoms with van der Waals surface area (Å²) in [6, 6.07) is 3.86. The lowest BCUT2D eigenvalue weighted by Gasteiger charge is -2.39. The van der Waals surface area contributed by atoms with Crippen LogP contribution in [0.3, 0.4) is 0 Å². The molecule has 2 aliphatic heterocycles. The van der Waals surface area contributed by atoms with Gasteiger partial charge in [-0.3, -0.25) is 10.1 Å². The molecule has 7 nitrogen and oxygen atoms in total. The molecular formula is C18H28IN5O2S. The van der Waals surface area contributed by atoms with Crippen molar-refractivity contribution in [2.45, 2.75) is 45.7 Å². The molecule has 2 aliphatic rings. The zero-order valence-electron chi connectivity index (χ0n) is 16.0. The highest BCUT2D eigenvalue weighted by atomic mass is 127. The number of halogens is 1. The number of guanidine groups is 1. The van der Waals surface area contributed by atoms with E-state index in [1.54, 1.807) is 11.3 Å². The van der Waals surface area contributed by atoms with Gasteiger partial charge in [0.1, 0.15) is 5.54 Å². The van der Waals surface area contributed by atoms with Gasteiger partial charge in [0.2, 0.25) is 0 Å². The van der Waals surface area contributed by atoms with Crippen LogP contribution in [0.2, 0.25) is 0 Å². The minimum absolute atomic E-state index is 0. The van der Waals surface area contributed by atoms with Crippen LogP contribution in [-0.2, 0) is 11.3 Å². The first kappa shape index (κ1) is 21.9. The van der Waals surface area contributed by atoms with Gasteiger partial charge in [-0.25, -0.2) is 9.79 Å². The van der Waals surface area contributed by atoms with Crippen molar-refractivity contribution in [1.29, 1.82) is 0 Å². The number of rotatable bonds is 4. The minimum Gasteiger partial charge on any atom is -0.357 e. The molecule has 0 saturated carbocycles. The van der Waals surface area contributed by atoms with E-state index >= 15 is 0 Å². The van der Waals surface area contributed by atoms with E-state index < -0.39 is 5.54 Å². The van der Waals surface area contributed by atoms with Gasteiger partial charge in [0.15, 0.2) is 5.96 Å². The van der Waals surface area contributed by atoms with Crippen molar-refractivity contribution in [3.05, 3.63) is 21.9 Å². The number of aryl methyl sites for hydroxylation is 1. The zero-order chi connectivity index (χ0) is 18.7. The summed E-state index contributed by atoms with van der Waals surface area (Å²) >= 11 is 1.77. The molecule has 1 aromatic heterocycles. The maximum Gasteiger partial charge on any atom is 0.322 e. The number of carbonyl (C=O) groups is 2. The fourth-order valence-corrected chi connectivity index (χ4v) is 4.48. The molecule has 1 aromatic rings. The van der Waals surface area contributed by atoms with Gasteiger partial charge in [0.25, 0.3) is 5.91 Å². The molecular weight excluding hydrogens is 477 g/mol. The average molecular weight is 505 g/mol. The van der Waals surface area contributed by atoms with Crippen molar-refractivity contribution < 1.29 is 9.59 Å². The Kier molecular flexibility index (Phi) is 7.49. The molecule has 1 unspecified atom stereocenters. The van der Waals surface area contributed by atoms with Gasteiger partial charge in [0, 0.05) is 29.4 Å². The summed E-state index contributed by atoms with van der Waals surface area (Å²) in [5, 5.41) is 8.54. The smallest absolute Gasteiger partial charge is 0.322 e. The van der Waals surface area contributed by atoms with Crippen LogP contribution in [0.25, 0.3) is 0 Å². The van der Waals surface area contributed by atoms with Crippen LogP contribution in [0, 0.1) is 12.8 Å². The highest BCUT2D eigenvalue weighted by Crippen LogP contribution is 2.30. The van der Waals surface area contributed by atoms with E-state index in [1.165, 1.54) is 9.75 Å². The molecule has 0 aromatic carbocycles. The fraction of sp³-hybridized carbons (Fsp3) is 0.611. The number of amides is 3. The lowest BCUT2D eigenvalue weighted by molar-refractivity contribution is -0.125. The monoisotopic (exact) mass is 505 g/mol. The second-order valence-electron chi connectivity index (χ2n) is 7.05. The molecule has 3 heterocycles. The number of imide groups is 1. The lowest BCUT2D eigenvalue weighted by Crippen LogP contribution is -2.55. The topological polar surface area (TPSA) is 85.8 Å². The first-order valence-electron chi connectivity index (χ1n) is 9.14. The van der Waals surface area contributed by atoms with E-state index in [2.05, 4.69) is 46.8 Å². The third kappa shape index (κ3) is 4.92. The van der Waals surface area contributed by atoms with E-state index in [4.69, 9.17) is 4.99 Å². The molecule has 2 fully saturated rings. The SMILES string of the molecule is CCNC(=NCc1ccc(C)s1)N1CCC(C2(C)NC(=O)NC2=O)CC1.I. The van der Waals surface area contributed by atoms with Crippen LogP contribution >= 0.6 is 35.3 Å². The summed E-state index contributed by atoms with van der Waals surface area (Å²) in [6.45, 7) is 9.13. The number of urea groups is 1. The second-order valence-corrected chi connectivity index (χ2v) is 8.43. The zero-order valence-corrected chi connectivity index (χ0v) is 19.1. The third-order valence-electron chi connectivity index (χ3n) is 5.20. The average Bonchev–Trinajstić information content (AvgIpc) is 3.14. The molecule has 0 spiro atoms. The Morgan fingerprint density at radius 2 is 2.07 bits per heavy atom. The molecule has 3 amide bonds. The predicted octanol–water partition coefficient (Wildman–Crippen LogP) is 2.45. The summed E-state index contributed by atoms with van der Waals surface area (Å²) in [6.07, 6.45) is 1.68. The van der Waals surface area contributed by atoms with E-state index in [1.807, 2.05) is 6.92 Å². The lowest BCUT2D eigenvalue weighted by atomic mass is 9.79. The highest BCUT2D eigenvalue weighted by molar-refractivity contribution is 14.0. The van der Waals surface area contributed by atoms with Crippen LogP contribution in [0.4, 0.5) is 4.79 Å². The highest BCUT2D eigenvalue weighted by Gasteiger charge is 2.48. The van der Waals surface area contributed by atoms with Crippen LogP contribution in [0.15, 0.2) is 17.1 Å². The largest absolute Gasteiger partial charge is 0.357 e. The fourth-order valence-electron chi connectivity index (χ4n) is 3.66. The molecule has 27 heavy (non-hydrogen) atoms. The summed E-state index contributed by atoms with van der Waals surface area (Å²) in [7, 11) is 0. The number of hydrogen-bond donors (Lipinski definition) is 3. The van der Waals surface area contributed by atoms with Gasteiger partial charge in [0.05, 0.1) is 6.54 Å². The molecule has 0 aliphatic carbocycles. The van der Waals surface area contributed by atoms with Gasteiger partial charge in [-0.15, -0.1) is 35.3 Å². The molecule has 1 atom stereocenters. The summed E-state index contributed by atoms with van der Waals surface area (Å²) < 4.78 is 0. The Morgan fingerprint density at radius 3 is 2.59 bits per heavy atom. The number of thiophene rings is 1. The van der Waals surface area contributed by atoms with Crippen LogP contribution in [0.1, 0.15) is 36.4 Å². The number of nitrogens with zero attached hydrogens (tertiary/aromatic N) is 2. The quantitative estimate of drug-likeness (QED) is 0.254. The first-order valence-corrected chi connectivity index (χ1v) is 9.96. The number of aliphatic imine (C=N–C) groups is 1. The van der Waals surface area contributed by atoms with Gasteiger partial charge < -0.3 is 15.5 Å². The minimum atomic E-state index is -0.798. The van der Waals surface area contributed by atoms with Crippen molar-refractivity contribution in [1.82, 2.24) is 20.9 Å². The van der Waals surface area contributed by atoms with E-state index in [9.17, 15) is 9.59 Å². The van der Waals surface area contributed by atoms with Crippen molar-refractivity contribution in [3.63, 3.8) is 0 Å². The number of carbonyl (C=O) groups excluding carboxylic acids is 2. The van der Waals surface area contributed by atoms with Gasteiger partial charge in [-0.1, -0.05) is 0 Å². The molecule has 2 saturated heterocycles. The number of piperidine rings is 1. The van der Waals surface area contributed by atoms with Gasteiger partial charge >= 0.3 is 6.03 Å². The Bertz CT molecular complexity index is 714. The Balaban J connectivity index is 0.00000261. The van der Waals surface area contributed by atoms with Crippen molar-refractivity contribution in [2.24, 2.45) is 10.9 Å². The van der Waals surface area contributed by atoms with E-state index in [0.717, 1.165) is 38.4 Å². The Hall–Kier alpha value is -1.36. The predicted molar refractivity (Wildman–Crippen MR) is 119 cm³/mol. The summed E-state index contributed by atoms with van der Waals surface area (Å²) in [4.78, 5) is 33.2. The maximum atomic E-state index is 12.1. The van der Waals surface area contributed by atoms with E-state index in [-0.39, 0.29) is 41.8 Å². The molecule has 0 bridgehead atoms. The van der Waals surface area contributed by atoms with Crippen LogP contribution in [-0.4, -0.2) is 48.0 Å². The van der Waals surface area contributed by atoms with Crippen molar-refractivity contribution in [2.75, 3.05) is 19.6 Å². The Labute approximate surface area is 181 Å². The number of likely N-dealkylation sites (tertiary alicyclic amines) is 1. The number of nitrogens with one attached hydrogen (secondary N) is 3. The third-order valence-corrected chi connectivity index (χ3v) is 6.18. The first-order chi connectivity index (χ1) is 12.4. The molecule has 9 heteroatoms. The normalized spacial score (nSPS) is 23.7. The van der Waals surface area contributed by atoms with Gasteiger partial charge in [-0.2, -0.15) is 0 Å².